The highest BCUT2D eigenvalue weighted by Gasteiger charge is 2.31. The lowest BCUT2D eigenvalue weighted by atomic mass is 9.72. The van der Waals surface area contributed by atoms with Crippen molar-refractivity contribution < 1.29 is 18.9 Å². The molecule has 0 bridgehead atoms. The molecule has 0 fully saturated rings. The van der Waals surface area contributed by atoms with Gasteiger partial charge in [0.15, 0.2) is 6.29 Å². The van der Waals surface area contributed by atoms with Crippen molar-refractivity contribution in [3.63, 3.8) is 0 Å². The Morgan fingerprint density at radius 3 is 3.07 bits per heavy atom. The zero-order valence-electron chi connectivity index (χ0n) is 8.24. The van der Waals surface area contributed by atoms with Crippen molar-refractivity contribution in [1.29, 1.82) is 0 Å². The van der Waals surface area contributed by atoms with E-state index in [-0.39, 0.29) is 17.2 Å². The molecule has 1 aromatic carbocycles. The van der Waals surface area contributed by atoms with Crippen LogP contribution in [0.2, 0.25) is 6.32 Å². The normalized spacial score (nSPS) is 19.4. The third-order valence-electron chi connectivity index (χ3n) is 2.63. The van der Waals surface area contributed by atoms with E-state index < -0.39 is 12.9 Å². The van der Waals surface area contributed by atoms with Gasteiger partial charge in [-0.1, -0.05) is 13.0 Å². The van der Waals surface area contributed by atoms with Gasteiger partial charge in [-0.3, -0.25) is 4.79 Å². The molecule has 1 aromatic rings. The maximum absolute atomic E-state index is 13.2. The Morgan fingerprint density at radius 2 is 2.40 bits per heavy atom. The van der Waals surface area contributed by atoms with Crippen molar-refractivity contribution in [2.45, 2.75) is 19.2 Å². The second-order valence-electron chi connectivity index (χ2n) is 3.71. The highest BCUT2D eigenvalue weighted by Crippen LogP contribution is 2.37. The largest absolute Gasteiger partial charge is 0.535 e. The average molecular weight is 208 g/mol. The molecule has 1 aliphatic rings. The van der Waals surface area contributed by atoms with Crippen molar-refractivity contribution in [1.82, 2.24) is 0 Å². The standard InChI is InChI=1S/C10H10BFO3/c1-6-4-11(14)15-10-7(6)2-3-9(12)8(10)5-13/h2-3,5-6,14H,4H2,1H3/t6-/m0/s1. The molecular formula is C10H10BFO3. The highest BCUT2D eigenvalue weighted by atomic mass is 19.1. The molecular weight excluding hydrogens is 198 g/mol. The van der Waals surface area contributed by atoms with Crippen molar-refractivity contribution in [3.05, 3.63) is 29.1 Å². The molecule has 0 saturated carbocycles. The van der Waals surface area contributed by atoms with Gasteiger partial charge in [0, 0.05) is 6.32 Å². The molecule has 0 amide bonds. The van der Waals surface area contributed by atoms with Gasteiger partial charge < -0.3 is 9.68 Å². The summed E-state index contributed by atoms with van der Waals surface area (Å²) in [5.41, 5.74) is 0.655. The summed E-state index contributed by atoms with van der Waals surface area (Å²) in [7, 11) is -0.965. The fraction of sp³-hybridized carbons (Fsp3) is 0.300. The Kier molecular flexibility index (Phi) is 2.48. The molecule has 0 aliphatic carbocycles. The number of fused-ring (bicyclic) bond motifs is 1. The summed E-state index contributed by atoms with van der Waals surface area (Å²) in [5.74, 6) is -0.385. The first-order chi connectivity index (χ1) is 7.13. The van der Waals surface area contributed by atoms with E-state index in [0.29, 0.717) is 12.6 Å². The minimum absolute atomic E-state index is 0.0584. The summed E-state index contributed by atoms with van der Waals surface area (Å²) >= 11 is 0. The predicted octanol–water partition coefficient (Wildman–Crippen LogP) is 1.61. The van der Waals surface area contributed by atoms with Gasteiger partial charge in [0.1, 0.15) is 11.6 Å². The van der Waals surface area contributed by atoms with E-state index in [4.69, 9.17) is 4.65 Å². The molecule has 0 unspecified atom stereocenters. The van der Waals surface area contributed by atoms with Gasteiger partial charge in [-0.05, 0) is 17.5 Å². The third kappa shape index (κ3) is 1.63. The quantitative estimate of drug-likeness (QED) is 0.563. The number of hydrogen-bond acceptors (Lipinski definition) is 3. The maximum Gasteiger partial charge on any atom is 0.523 e. The molecule has 78 valence electrons. The molecule has 15 heavy (non-hydrogen) atoms. The molecule has 3 nitrogen and oxygen atoms in total. The molecule has 0 radical (unpaired) electrons. The topological polar surface area (TPSA) is 46.5 Å². The van der Waals surface area contributed by atoms with Gasteiger partial charge in [-0.2, -0.15) is 0 Å². The lowest BCUT2D eigenvalue weighted by Gasteiger charge is -2.26. The SMILES string of the molecule is C[C@H]1CB(O)Oc2c1ccc(F)c2C=O. The number of rotatable bonds is 1. The Balaban J connectivity index is 2.59. The summed E-state index contributed by atoms with van der Waals surface area (Å²) in [6.45, 7) is 1.90. The summed E-state index contributed by atoms with van der Waals surface area (Å²) in [6.07, 6.45) is 0.871. The van der Waals surface area contributed by atoms with Crippen LogP contribution in [0.5, 0.6) is 5.75 Å². The number of benzene rings is 1. The Hall–Kier alpha value is -1.36. The number of halogens is 1. The van der Waals surface area contributed by atoms with Crippen LogP contribution in [0.15, 0.2) is 12.1 Å². The van der Waals surface area contributed by atoms with Gasteiger partial charge in [0.2, 0.25) is 0 Å². The van der Waals surface area contributed by atoms with Crippen LogP contribution in [-0.2, 0) is 0 Å². The molecule has 0 spiro atoms. The van der Waals surface area contributed by atoms with E-state index in [1.54, 1.807) is 6.07 Å². The molecule has 1 aliphatic heterocycles. The smallest absolute Gasteiger partial charge is 0.523 e. The summed E-state index contributed by atoms with van der Waals surface area (Å²) in [5, 5.41) is 9.38. The summed E-state index contributed by atoms with van der Waals surface area (Å²) in [4.78, 5) is 10.7. The Bertz CT molecular complexity index is 408. The molecule has 1 heterocycles. The van der Waals surface area contributed by atoms with Gasteiger partial charge in [0.25, 0.3) is 0 Å². The molecule has 1 N–H and O–H groups in total. The van der Waals surface area contributed by atoms with Crippen LogP contribution in [0, 0.1) is 5.82 Å². The van der Waals surface area contributed by atoms with Gasteiger partial charge in [0.05, 0.1) is 5.56 Å². The van der Waals surface area contributed by atoms with Crippen LogP contribution in [-0.4, -0.2) is 18.4 Å². The minimum Gasteiger partial charge on any atom is -0.535 e. The fourth-order valence-corrected chi connectivity index (χ4v) is 1.84. The van der Waals surface area contributed by atoms with Crippen LogP contribution in [0.4, 0.5) is 4.39 Å². The number of carbonyl (C=O) groups is 1. The van der Waals surface area contributed by atoms with Crippen molar-refractivity contribution in [2.24, 2.45) is 0 Å². The first-order valence-corrected chi connectivity index (χ1v) is 4.75. The lowest BCUT2D eigenvalue weighted by Crippen LogP contribution is -2.29. The second-order valence-corrected chi connectivity index (χ2v) is 3.71. The van der Waals surface area contributed by atoms with Crippen LogP contribution in [0.25, 0.3) is 0 Å². The number of hydrogen-bond donors (Lipinski definition) is 1. The van der Waals surface area contributed by atoms with Crippen LogP contribution in [0.3, 0.4) is 0 Å². The molecule has 1 atom stereocenters. The zero-order valence-corrected chi connectivity index (χ0v) is 8.24. The zero-order chi connectivity index (χ0) is 11.0. The molecule has 5 heteroatoms. The van der Waals surface area contributed by atoms with Crippen LogP contribution < -0.4 is 4.65 Å². The fourth-order valence-electron chi connectivity index (χ4n) is 1.84. The first-order valence-electron chi connectivity index (χ1n) is 4.75. The molecule has 2 rings (SSSR count). The summed E-state index contributed by atoms with van der Waals surface area (Å²) < 4.78 is 18.3. The number of carbonyl (C=O) groups excluding carboxylic acids is 1. The van der Waals surface area contributed by atoms with E-state index >= 15 is 0 Å². The molecule has 0 saturated heterocycles. The van der Waals surface area contributed by atoms with Gasteiger partial charge in [-0.25, -0.2) is 4.39 Å². The average Bonchev–Trinajstić information content (AvgIpc) is 2.17. The van der Waals surface area contributed by atoms with E-state index in [0.717, 1.165) is 5.56 Å². The van der Waals surface area contributed by atoms with E-state index in [9.17, 15) is 14.2 Å². The Morgan fingerprint density at radius 1 is 1.67 bits per heavy atom. The molecule has 0 aromatic heterocycles. The number of aldehydes is 1. The van der Waals surface area contributed by atoms with E-state index in [1.165, 1.54) is 6.07 Å². The van der Waals surface area contributed by atoms with Crippen molar-refractivity contribution in [3.8, 4) is 5.75 Å². The third-order valence-corrected chi connectivity index (χ3v) is 2.63. The lowest BCUT2D eigenvalue weighted by molar-refractivity contribution is 0.111. The summed E-state index contributed by atoms with van der Waals surface area (Å²) in [6, 6.07) is 2.84. The van der Waals surface area contributed by atoms with Gasteiger partial charge in [-0.15, -0.1) is 0 Å². The Labute approximate surface area is 87.0 Å². The highest BCUT2D eigenvalue weighted by molar-refractivity contribution is 6.44. The van der Waals surface area contributed by atoms with Crippen LogP contribution in [0.1, 0.15) is 28.8 Å². The first kappa shape index (κ1) is 10.2. The van der Waals surface area contributed by atoms with E-state index in [1.807, 2.05) is 6.92 Å². The maximum atomic E-state index is 13.2. The van der Waals surface area contributed by atoms with Crippen LogP contribution >= 0.6 is 0 Å². The van der Waals surface area contributed by atoms with Gasteiger partial charge >= 0.3 is 7.12 Å². The van der Waals surface area contributed by atoms with Crippen molar-refractivity contribution >= 4 is 13.4 Å². The second kappa shape index (κ2) is 3.66. The van der Waals surface area contributed by atoms with E-state index in [2.05, 4.69) is 0 Å². The predicted molar refractivity (Wildman–Crippen MR) is 53.6 cm³/mol. The minimum atomic E-state index is -0.965. The van der Waals surface area contributed by atoms with Crippen molar-refractivity contribution in [2.75, 3.05) is 0 Å². The monoisotopic (exact) mass is 208 g/mol.